The first-order valence-corrected chi connectivity index (χ1v) is 8.04. The lowest BCUT2D eigenvalue weighted by atomic mass is 10.2. The fraction of sp³-hybridized carbons (Fsp3) is 0.538. The van der Waals surface area contributed by atoms with Gasteiger partial charge in [0.2, 0.25) is 0 Å². The van der Waals surface area contributed by atoms with E-state index in [1.807, 2.05) is 19.9 Å². The number of nitrogens with one attached hydrogen (secondary N) is 1. The van der Waals surface area contributed by atoms with E-state index >= 15 is 0 Å². The van der Waals surface area contributed by atoms with Gasteiger partial charge in [0, 0.05) is 19.6 Å². The van der Waals surface area contributed by atoms with Crippen molar-refractivity contribution in [2.45, 2.75) is 33.2 Å². The normalized spacial score (nSPS) is 11.8. The number of nitrogens with two attached hydrogens (primary N) is 1. The molecule has 1 aromatic carbocycles. The number of nitrogens with zero attached hydrogens (tertiary/aromatic N) is 1. The van der Waals surface area contributed by atoms with Gasteiger partial charge in [0.15, 0.2) is 0 Å². The lowest BCUT2D eigenvalue weighted by Crippen LogP contribution is -2.37. The summed E-state index contributed by atoms with van der Waals surface area (Å²) in [6.45, 7) is 5.38. The predicted octanol–water partition coefficient (Wildman–Crippen LogP) is 1.92. The summed E-state index contributed by atoms with van der Waals surface area (Å²) < 4.78 is 28.6. The Balaban J connectivity index is 2.87. The zero-order valence-corrected chi connectivity index (χ0v) is 12.4. The Morgan fingerprint density at radius 1 is 1.21 bits per heavy atom. The van der Waals surface area contributed by atoms with E-state index in [2.05, 4.69) is 4.72 Å². The van der Waals surface area contributed by atoms with E-state index in [0.29, 0.717) is 25.3 Å². The van der Waals surface area contributed by atoms with Crippen molar-refractivity contribution in [2.75, 3.05) is 17.8 Å². The molecule has 0 aliphatic rings. The maximum Gasteiger partial charge on any atom is 0.301 e. The van der Waals surface area contributed by atoms with Gasteiger partial charge >= 0.3 is 10.2 Å². The van der Waals surface area contributed by atoms with E-state index in [4.69, 9.17) is 5.73 Å². The van der Waals surface area contributed by atoms with Crippen LogP contribution in [0.1, 0.15) is 32.3 Å². The van der Waals surface area contributed by atoms with Gasteiger partial charge in [0.05, 0.1) is 5.69 Å². The molecule has 108 valence electrons. The summed E-state index contributed by atoms with van der Waals surface area (Å²) in [6.07, 6.45) is 1.59. The first-order chi connectivity index (χ1) is 9.03. The highest BCUT2D eigenvalue weighted by Crippen LogP contribution is 2.14. The van der Waals surface area contributed by atoms with Crippen molar-refractivity contribution in [3.63, 3.8) is 0 Å². The molecule has 0 saturated heterocycles. The highest BCUT2D eigenvalue weighted by Gasteiger charge is 2.20. The van der Waals surface area contributed by atoms with Gasteiger partial charge in [-0.05, 0) is 30.5 Å². The Morgan fingerprint density at radius 2 is 1.84 bits per heavy atom. The van der Waals surface area contributed by atoms with Crippen LogP contribution >= 0.6 is 0 Å². The van der Waals surface area contributed by atoms with Crippen LogP contribution in [0.3, 0.4) is 0 Å². The van der Waals surface area contributed by atoms with Crippen molar-refractivity contribution in [1.29, 1.82) is 0 Å². The molecule has 0 amide bonds. The van der Waals surface area contributed by atoms with Crippen LogP contribution in [0, 0.1) is 0 Å². The minimum absolute atomic E-state index is 0.392. The Kier molecular flexibility index (Phi) is 6.27. The number of hydrogen-bond acceptors (Lipinski definition) is 3. The molecule has 3 N–H and O–H groups in total. The monoisotopic (exact) mass is 285 g/mol. The zero-order valence-electron chi connectivity index (χ0n) is 11.6. The van der Waals surface area contributed by atoms with E-state index in [9.17, 15) is 8.42 Å². The summed E-state index contributed by atoms with van der Waals surface area (Å²) in [5.41, 5.74) is 7.01. The molecule has 0 fully saturated rings. The van der Waals surface area contributed by atoms with Gasteiger partial charge in [-0.2, -0.15) is 12.7 Å². The van der Waals surface area contributed by atoms with Crippen LogP contribution in [0.5, 0.6) is 0 Å². The van der Waals surface area contributed by atoms with Crippen molar-refractivity contribution >= 4 is 15.9 Å². The molecule has 1 rings (SSSR count). The summed E-state index contributed by atoms with van der Waals surface area (Å²) in [4.78, 5) is 0. The average molecular weight is 285 g/mol. The van der Waals surface area contributed by atoms with Crippen LogP contribution in [0.2, 0.25) is 0 Å². The van der Waals surface area contributed by atoms with E-state index < -0.39 is 10.2 Å². The van der Waals surface area contributed by atoms with Crippen LogP contribution < -0.4 is 10.5 Å². The van der Waals surface area contributed by atoms with Crippen LogP contribution in [0.4, 0.5) is 5.69 Å². The Morgan fingerprint density at radius 3 is 2.37 bits per heavy atom. The second kappa shape index (κ2) is 7.47. The molecule has 0 unspecified atom stereocenters. The van der Waals surface area contributed by atoms with E-state index in [1.54, 1.807) is 18.2 Å². The fourth-order valence-electron chi connectivity index (χ4n) is 1.83. The summed E-state index contributed by atoms with van der Waals surface area (Å²) >= 11 is 0. The van der Waals surface area contributed by atoms with Crippen molar-refractivity contribution in [3.8, 4) is 0 Å². The van der Waals surface area contributed by atoms with Gasteiger partial charge in [0.1, 0.15) is 0 Å². The van der Waals surface area contributed by atoms with Gasteiger partial charge in [-0.3, -0.25) is 4.72 Å². The zero-order chi connectivity index (χ0) is 14.3. The van der Waals surface area contributed by atoms with Gasteiger partial charge in [-0.25, -0.2) is 0 Å². The molecule has 0 atom stereocenters. The second-order valence-electron chi connectivity index (χ2n) is 4.41. The lowest BCUT2D eigenvalue weighted by Gasteiger charge is -2.21. The molecule has 0 radical (unpaired) electrons. The Labute approximate surface area is 116 Å². The number of anilines is 1. The van der Waals surface area contributed by atoms with E-state index in [-0.39, 0.29) is 0 Å². The standard InChI is InChI=1S/C13H23N3O2S/c1-3-8-16(9-4-2)19(17,18)15-13-7-5-6-12(10-13)11-14/h5-7,10,15H,3-4,8-9,11,14H2,1-2H3. The van der Waals surface area contributed by atoms with Gasteiger partial charge in [-0.15, -0.1) is 0 Å². The molecular formula is C13H23N3O2S. The maximum absolute atomic E-state index is 12.3. The molecule has 6 heteroatoms. The summed E-state index contributed by atoms with van der Waals surface area (Å²) in [5, 5.41) is 0. The molecule has 1 aromatic rings. The number of rotatable bonds is 8. The third-order valence-corrected chi connectivity index (χ3v) is 4.23. The molecule has 0 spiro atoms. The van der Waals surface area contributed by atoms with Gasteiger partial charge in [0.25, 0.3) is 0 Å². The molecule has 0 heterocycles. The van der Waals surface area contributed by atoms with Crippen molar-refractivity contribution < 1.29 is 8.42 Å². The second-order valence-corrected chi connectivity index (χ2v) is 6.08. The van der Waals surface area contributed by atoms with Gasteiger partial charge < -0.3 is 5.73 Å². The summed E-state index contributed by atoms with van der Waals surface area (Å²) in [5.74, 6) is 0. The third kappa shape index (κ3) is 4.81. The van der Waals surface area contributed by atoms with Crippen LogP contribution in [0.15, 0.2) is 24.3 Å². The quantitative estimate of drug-likeness (QED) is 0.766. The lowest BCUT2D eigenvalue weighted by molar-refractivity contribution is 0.413. The van der Waals surface area contributed by atoms with Gasteiger partial charge in [-0.1, -0.05) is 26.0 Å². The number of benzene rings is 1. The number of hydrogen-bond donors (Lipinski definition) is 2. The topological polar surface area (TPSA) is 75.4 Å². The molecule has 0 aliphatic heterocycles. The Hall–Kier alpha value is -1.11. The first kappa shape index (κ1) is 15.9. The molecule has 0 aliphatic carbocycles. The van der Waals surface area contributed by atoms with Crippen LogP contribution in [0.25, 0.3) is 0 Å². The molecule has 5 nitrogen and oxygen atoms in total. The minimum Gasteiger partial charge on any atom is -0.326 e. The highest BCUT2D eigenvalue weighted by atomic mass is 32.2. The smallest absolute Gasteiger partial charge is 0.301 e. The molecule has 0 saturated carbocycles. The van der Waals surface area contributed by atoms with E-state index in [1.165, 1.54) is 4.31 Å². The van der Waals surface area contributed by atoms with Crippen molar-refractivity contribution in [3.05, 3.63) is 29.8 Å². The fourth-order valence-corrected chi connectivity index (χ4v) is 3.23. The predicted molar refractivity (Wildman–Crippen MR) is 79.0 cm³/mol. The average Bonchev–Trinajstić information content (AvgIpc) is 2.38. The largest absolute Gasteiger partial charge is 0.326 e. The summed E-state index contributed by atoms with van der Waals surface area (Å²) in [7, 11) is -3.48. The maximum atomic E-state index is 12.3. The Bertz CT molecular complexity index is 482. The SMILES string of the molecule is CCCN(CCC)S(=O)(=O)Nc1cccc(CN)c1. The molecular weight excluding hydrogens is 262 g/mol. The summed E-state index contributed by atoms with van der Waals surface area (Å²) in [6, 6.07) is 7.15. The van der Waals surface area contributed by atoms with Crippen LogP contribution in [-0.2, 0) is 16.8 Å². The van der Waals surface area contributed by atoms with Crippen molar-refractivity contribution in [2.24, 2.45) is 5.73 Å². The minimum atomic E-state index is -3.48. The molecule has 0 aromatic heterocycles. The van der Waals surface area contributed by atoms with Crippen LogP contribution in [-0.4, -0.2) is 25.8 Å². The third-order valence-electron chi connectivity index (χ3n) is 2.70. The van der Waals surface area contributed by atoms with E-state index in [0.717, 1.165) is 18.4 Å². The molecule has 19 heavy (non-hydrogen) atoms. The highest BCUT2D eigenvalue weighted by molar-refractivity contribution is 7.90. The molecule has 0 bridgehead atoms. The first-order valence-electron chi connectivity index (χ1n) is 6.60. The van der Waals surface area contributed by atoms with Crippen molar-refractivity contribution in [1.82, 2.24) is 4.31 Å².